The molecule has 0 aliphatic rings. The summed E-state index contributed by atoms with van der Waals surface area (Å²) in [5.74, 6) is 0.593. The first-order valence-corrected chi connectivity index (χ1v) is 7.39. The molecule has 0 aliphatic heterocycles. The van der Waals surface area contributed by atoms with Crippen LogP contribution < -0.4 is 5.32 Å². The second kappa shape index (κ2) is 6.04. The molecule has 3 aromatic rings. The fraction of sp³-hybridized carbons (Fsp3) is 0.250. The van der Waals surface area contributed by atoms with Crippen LogP contribution in [0.1, 0.15) is 28.5 Å². The highest BCUT2D eigenvalue weighted by Gasteiger charge is 2.15. The maximum atomic E-state index is 12.5. The monoisotopic (exact) mass is 310 g/mol. The molecule has 1 amide bonds. The molecule has 0 unspecified atom stereocenters. The topological polar surface area (TPSA) is 77.6 Å². The van der Waals surface area contributed by atoms with Crippen molar-refractivity contribution in [1.29, 1.82) is 0 Å². The van der Waals surface area contributed by atoms with Gasteiger partial charge in [-0.2, -0.15) is 5.10 Å². The van der Waals surface area contributed by atoms with Crippen molar-refractivity contribution in [2.24, 2.45) is 7.05 Å². The highest BCUT2D eigenvalue weighted by molar-refractivity contribution is 6.04. The predicted molar refractivity (Wildman–Crippen MR) is 86.6 cm³/mol. The number of rotatable bonds is 4. The fourth-order valence-electron chi connectivity index (χ4n) is 2.58. The van der Waals surface area contributed by atoms with Crippen molar-refractivity contribution in [2.45, 2.75) is 20.3 Å². The van der Waals surface area contributed by atoms with Crippen LogP contribution in [0.5, 0.6) is 0 Å². The number of benzene rings is 1. The van der Waals surface area contributed by atoms with Crippen LogP contribution in [0.15, 0.2) is 36.9 Å². The molecule has 0 aliphatic carbocycles. The summed E-state index contributed by atoms with van der Waals surface area (Å²) in [7, 11) is 1.83. The molecule has 0 radical (unpaired) electrons. The van der Waals surface area contributed by atoms with E-state index in [2.05, 4.69) is 20.6 Å². The van der Waals surface area contributed by atoms with Gasteiger partial charge in [-0.25, -0.2) is 0 Å². The van der Waals surface area contributed by atoms with Crippen molar-refractivity contribution in [1.82, 2.24) is 24.5 Å². The maximum absolute atomic E-state index is 12.5. The summed E-state index contributed by atoms with van der Waals surface area (Å²) < 4.78 is 3.49. The van der Waals surface area contributed by atoms with E-state index < -0.39 is 0 Å². The van der Waals surface area contributed by atoms with E-state index in [4.69, 9.17) is 0 Å². The third kappa shape index (κ3) is 2.85. The number of nitrogens with zero attached hydrogens (tertiary/aromatic N) is 5. The van der Waals surface area contributed by atoms with Gasteiger partial charge in [0.15, 0.2) is 0 Å². The molecule has 23 heavy (non-hydrogen) atoms. The van der Waals surface area contributed by atoms with Gasteiger partial charge in [0.05, 0.1) is 5.69 Å². The Kier molecular flexibility index (Phi) is 3.92. The van der Waals surface area contributed by atoms with E-state index >= 15 is 0 Å². The lowest BCUT2D eigenvalue weighted by Crippen LogP contribution is -2.15. The molecule has 118 valence electrons. The van der Waals surface area contributed by atoms with Crippen LogP contribution in [0.25, 0.3) is 5.69 Å². The van der Waals surface area contributed by atoms with E-state index in [0.29, 0.717) is 5.56 Å². The minimum Gasteiger partial charge on any atom is -0.307 e. The van der Waals surface area contributed by atoms with Gasteiger partial charge >= 0.3 is 0 Å². The summed E-state index contributed by atoms with van der Waals surface area (Å²) in [6.45, 7) is 4.00. The largest absolute Gasteiger partial charge is 0.307 e. The summed E-state index contributed by atoms with van der Waals surface area (Å²) in [6.07, 6.45) is 4.05. The molecule has 2 aromatic heterocycles. The molecule has 0 spiro atoms. The van der Waals surface area contributed by atoms with Crippen LogP contribution in [-0.2, 0) is 13.5 Å². The molecule has 1 N–H and O–H groups in total. The van der Waals surface area contributed by atoms with Gasteiger partial charge in [-0.1, -0.05) is 6.92 Å². The molecule has 2 heterocycles. The van der Waals surface area contributed by atoms with Crippen molar-refractivity contribution in [3.8, 4) is 5.69 Å². The Morgan fingerprint density at radius 2 is 1.83 bits per heavy atom. The molecule has 7 nitrogen and oxygen atoms in total. The van der Waals surface area contributed by atoms with Crippen LogP contribution in [0.3, 0.4) is 0 Å². The van der Waals surface area contributed by atoms with Gasteiger partial charge < -0.3 is 5.32 Å². The smallest absolute Gasteiger partial charge is 0.256 e. The van der Waals surface area contributed by atoms with Crippen LogP contribution in [0.4, 0.5) is 5.82 Å². The van der Waals surface area contributed by atoms with Crippen LogP contribution in [0, 0.1) is 6.92 Å². The summed E-state index contributed by atoms with van der Waals surface area (Å²) in [4.78, 5) is 12.5. The second-order valence-corrected chi connectivity index (χ2v) is 5.26. The SMILES string of the molecule is CCc1c(C)nn(C)c1NC(=O)c1ccc(-n2cnnc2)cc1. The van der Waals surface area contributed by atoms with E-state index in [0.717, 1.165) is 29.2 Å². The summed E-state index contributed by atoms with van der Waals surface area (Å²) >= 11 is 0. The Hall–Kier alpha value is -2.96. The number of aryl methyl sites for hydroxylation is 2. The lowest BCUT2D eigenvalue weighted by Gasteiger charge is -2.08. The number of carbonyl (C=O) groups is 1. The van der Waals surface area contributed by atoms with Crippen molar-refractivity contribution >= 4 is 11.7 Å². The van der Waals surface area contributed by atoms with Crippen LogP contribution >= 0.6 is 0 Å². The van der Waals surface area contributed by atoms with Gasteiger partial charge in [-0.15, -0.1) is 10.2 Å². The Bertz CT molecular complexity index is 817. The Morgan fingerprint density at radius 3 is 2.43 bits per heavy atom. The number of hydrogen-bond acceptors (Lipinski definition) is 4. The van der Waals surface area contributed by atoms with Crippen molar-refractivity contribution in [2.75, 3.05) is 5.32 Å². The summed E-state index contributed by atoms with van der Waals surface area (Å²) in [6, 6.07) is 7.26. The Labute approximate surface area is 134 Å². The van der Waals surface area contributed by atoms with E-state index in [1.165, 1.54) is 0 Å². The standard InChI is InChI=1S/C16H18N6O/c1-4-14-11(2)20-21(3)15(14)19-16(23)12-5-7-13(8-6-12)22-9-17-18-10-22/h5-10H,4H2,1-3H3,(H,19,23). The van der Waals surface area contributed by atoms with E-state index in [9.17, 15) is 4.79 Å². The first-order valence-electron chi connectivity index (χ1n) is 7.39. The molecule has 0 saturated heterocycles. The molecule has 0 fully saturated rings. The van der Waals surface area contributed by atoms with E-state index in [-0.39, 0.29) is 5.91 Å². The zero-order valence-corrected chi connectivity index (χ0v) is 13.3. The van der Waals surface area contributed by atoms with E-state index in [1.54, 1.807) is 34.0 Å². The minimum atomic E-state index is -0.155. The van der Waals surface area contributed by atoms with Gasteiger partial charge in [-0.3, -0.25) is 14.0 Å². The van der Waals surface area contributed by atoms with Crippen LogP contribution in [-0.4, -0.2) is 30.5 Å². The third-order valence-corrected chi connectivity index (χ3v) is 3.78. The lowest BCUT2D eigenvalue weighted by molar-refractivity contribution is 0.102. The number of nitrogens with one attached hydrogen (secondary N) is 1. The quantitative estimate of drug-likeness (QED) is 0.800. The zero-order valence-electron chi connectivity index (χ0n) is 13.3. The molecule has 0 bridgehead atoms. The molecular weight excluding hydrogens is 292 g/mol. The van der Waals surface area contributed by atoms with Crippen molar-refractivity contribution in [3.63, 3.8) is 0 Å². The van der Waals surface area contributed by atoms with Gasteiger partial charge in [0, 0.05) is 23.9 Å². The Balaban J connectivity index is 1.81. The number of hydrogen-bond donors (Lipinski definition) is 1. The summed E-state index contributed by atoms with van der Waals surface area (Å²) in [5.41, 5.74) is 3.48. The molecule has 1 aromatic carbocycles. The fourth-order valence-corrected chi connectivity index (χ4v) is 2.58. The van der Waals surface area contributed by atoms with E-state index in [1.807, 2.05) is 33.0 Å². The highest BCUT2D eigenvalue weighted by Crippen LogP contribution is 2.20. The van der Waals surface area contributed by atoms with Gasteiger partial charge in [0.25, 0.3) is 5.91 Å². The normalized spacial score (nSPS) is 10.7. The maximum Gasteiger partial charge on any atom is 0.256 e. The average molecular weight is 310 g/mol. The molecule has 0 saturated carbocycles. The minimum absolute atomic E-state index is 0.155. The average Bonchev–Trinajstić information content (AvgIpc) is 3.16. The lowest BCUT2D eigenvalue weighted by atomic mass is 10.1. The first-order chi connectivity index (χ1) is 11.1. The third-order valence-electron chi connectivity index (χ3n) is 3.78. The van der Waals surface area contributed by atoms with Crippen molar-refractivity contribution < 1.29 is 4.79 Å². The highest BCUT2D eigenvalue weighted by atomic mass is 16.1. The Morgan fingerprint density at radius 1 is 1.17 bits per heavy atom. The van der Waals surface area contributed by atoms with Gasteiger partial charge in [0.1, 0.15) is 18.5 Å². The van der Waals surface area contributed by atoms with Gasteiger partial charge in [0.2, 0.25) is 0 Å². The van der Waals surface area contributed by atoms with Crippen molar-refractivity contribution in [3.05, 3.63) is 53.7 Å². The molecule has 3 rings (SSSR count). The zero-order chi connectivity index (χ0) is 16.4. The summed E-state index contributed by atoms with van der Waals surface area (Å²) in [5, 5.41) is 14.8. The van der Waals surface area contributed by atoms with Crippen LogP contribution in [0.2, 0.25) is 0 Å². The second-order valence-electron chi connectivity index (χ2n) is 5.26. The predicted octanol–water partition coefficient (Wildman–Crippen LogP) is 2.12. The number of anilines is 1. The number of amides is 1. The molecular formula is C16H18N6O. The number of carbonyl (C=O) groups excluding carboxylic acids is 1. The molecule has 0 atom stereocenters. The van der Waals surface area contributed by atoms with Gasteiger partial charge in [-0.05, 0) is 37.6 Å². The molecule has 7 heteroatoms. The first kappa shape index (κ1) is 15.0. The number of aromatic nitrogens is 5.